The number of aromatic nitrogens is 1. The molecule has 2 rings (SSSR count). The third-order valence-corrected chi connectivity index (χ3v) is 3.80. The number of carbonyl (C=O) groups is 1. The van der Waals surface area contributed by atoms with Crippen LogP contribution in [0.5, 0.6) is 0 Å². The van der Waals surface area contributed by atoms with Crippen LogP contribution in [0.25, 0.3) is 0 Å². The highest BCUT2D eigenvalue weighted by atomic mass is 16.6. The second-order valence-electron chi connectivity index (χ2n) is 5.46. The number of amides is 1. The quantitative estimate of drug-likeness (QED) is 0.411. The monoisotopic (exact) mass is 332 g/mol. The van der Waals surface area contributed by atoms with Crippen molar-refractivity contribution in [2.45, 2.75) is 25.3 Å². The van der Waals surface area contributed by atoms with Crippen molar-refractivity contribution in [2.24, 2.45) is 0 Å². The van der Waals surface area contributed by atoms with Gasteiger partial charge in [-0.25, -0.2) is 4.98 Å². The van der Waals surface area contributed by atoms with Gasteiger partial charge < -0.3 is 15.5 Å². The van der Waals surface area contributed by atoms with E-state index in [0.29, 0.717) is 38.4 Å². The molecule has 24 heavy (non-hydrogen) atoms. The summed E-state index contributed by atoms with van der Waals surface area (Å²) in [5.74, 6) is 0.573. The van der Waals surface area contributed by atoms with Crippen molar-refractivity contribution in [3.05, 3.63) is 28.4 Å². The molecule has 1 amide bonds. The minimum atomic E-state index is -0.493. The van der Waals surface area contributed by atoms with Gasteiger partial charge in [0.1, 0.15) is 18.1 Å². The molecule has 9 heteroatoms. The number of carbonyl (C=O) groups excluding carboxylic acids is 1. The van der Waals surface area contributed by atoms with Gasteiger partial charge in [-0.3, -0.25) is 14.9 Å². The maximum absolute atomic E-state index is 12.0. The molecule has 0 bridgehead atoms. The van der Waals surface area contributed by atoms with Crippen LogP contribution in [0.2, 0.25) is 0 Å². The maximum Gasteiger partial charge on any atom is 0.287 e. The number of likely N-dealkylation sites (tertiary alicyclic amines) is 1. The Kier molecular flexibility index (Phi) is 6.45. The van der Waals surface area contributed by atoms with Crippen molar-refractivity contribution in [1.82, 2.24) is 15.2 Å². The van der Waals surface area contributed by atoms with Gasteiger partial charge in [-0.15, -0.1) is 0 Å². The number of pyridine rings is 1. The van der Waals surface area contributed by atoms with Gasteiger partial charge in [-0.1, -0.05) is 0 Å². The molecule has 1 aromatic rings. The van der Waals surface area contributed by atoms with E-state index < -0.39 is 4.92 Å². The molecule has 0 radical (unpaired) electrons. The summed E-state index contributed by atoms with van der Waals surface area (Å²) in [6.07, 6.45) is 3.23. The van der Waals surface area contributed by atoms with Crippen LogP contribution in [-0.2, 0) is 4.79 Å². The second kappa shape index (κ2) is 8.79. The van der Waals surface area contributed by atoms with E-state index in [1.54, 1.807) is 11.0 Å². The molecule has 128 valence electrons. The van der Waals surface area contributed by atoms with Crippen LogP contribution in [0.15, 0.2) is 18.3 Å². The summed E-state index contributed by atoms with van der Waals surface area (Å²) in [6, 6.07) is 4.83. The van der Waals surface area contributed by atoms with Gasteiger partial charge in [0.25, 0.3) is 5.69 Å². The fourth-order valence-corrected chi connectivity index (χ4v) is 2.54. The van der Waals surface area contributed by atoms with Crippen LogP contribution in [-0.4, -0.2) is 52.9 Å². The molecule has 0 aliphatic carbocycles. The summed E-state index contributed by atoms with van der Waals surface area (Å²) in [5.41, 5.74) is -0.0465. The zero-order chi connectivity index (χ0) is 17.4. The number of nitrogens with zero attached hydrogens (tertiary/aromatic N) is 4. The number of rotatable bonds is 8. The number of hydrogen-bond acceptors (Lipinski definition) is 7. The van der Waals surface area contributed by atoms with Crippen LogP contribution in [0.4, 0.5) is 11.5 Å². The van der Waals surface area contributed by atoms with E-state index in [4.69, 9.17) is 5.26 Å². The highest BCUT2D eigenvalue weighted by molar-refractivity contribution is 5.77. The Morgan fingerprint density at radius 3 is 2.96 bits per heavy atom. The van der Waals surface area contributed by atoms with Crippen LogP contribution in [0.3, 0.4) is 0 Å². The Balaban J connectivity index is 1.59. The molecular weight excluding hydrogens is 312 g/mol. The van der Waals surface area contributed by atoms with Gasteiger partial charge in [0.05, 0.1) is 11.0 Å². The van der Waals surface area contributed by atoms with Crippen LogP contribution < -0.4 is 10.6 Å². The van der Waals surface area contributed by atoms with Crippen molar-refractivity contribution < 1.29 is 9.72 Å². The number of nitriles is 1. The predicted octanol–water partition coefficient (Wildman–Crippen LogP) is 0.896. The van der Waals surface area contributed by atoms with Crippen molar-refractivity contribution in [3.63, 3.8) is 0 Å². The lowest BCUT2D eigenvalue weighted by molar-refractivity contribution is -0.385. The fraction of sp³-hybridized carbons (Fsp3) is 0.533. The lowest BCUT2D eigenvalue weighted by atomic mass is 10.2. The summed E-state index contributed by atoms with van der Waals surface area (Å²) >= 11 is 0. The first-order chi connectivity index (χ1) is 11.6. The minimum Gasteiger partial charge on any atom is -0.369 e. The van der Waals surface area contributed by atoms with E-state index in [-0.39, 0.29) is 17.6 Å². The fourth-order valence-electron chi connectivity index (χ4n) is 2.54. The molecule has 2 heterocycles. The molecule has 1 saturated heterocycles. The summed E-state index contributed by atoms with van der Waals surface area (Å²) in [7, 11) is 0. The van der Waals surface area contributed by atoms with Crippen molar-refractivity contribution in [3.8, 4) is 6.07 Å². The van der Waals surface area contributed by atoms with E-state index in [0.717, 1.165) is 12.8 Å². The first-order valence-corrected chi connectivity index (χ1v) is 7.86. The van der Waals surface area contributed by atoms with E-state index in [2.05, 4.69) is 21.7 Å². The number of nitrogens with one attached hydrogen (secondary N) is 2. The van der Waals surface area contributed by atoms with Crippen molar-refractivity contribution >= 4 is 17.4 Å². The highest BCUT2D eigenvalue weighted by Crippen LogP contribution is 2.17. The Morgan fingerprint density at radius 1 is 1.46 bits per heavy atom. The average Bonchev–Trinajstić information content (AvgIpc) is 3.07. The van der Waals surface area contributed by atoms with Crippen molar-refractivity contribution in [2.75, 3.05) is 31.5 Å². The van der Waals surface area contributed by atoms with E-state index in [1.807, 2.05) is 0 Å². The summed E-state index contributed by atoms with van der Waals surface area (Å²) < 4.78 is 0. The maximum atomic E-state index is 12.0. The first kappa shape index (κ1) is 17.6. The zero-order valence-electron chi connectivity index (χ0n) is 13.3. The molecule has 1 aliphatic rings. The van der Waals surface area contributed by atoms with Crippen molar-refractivity contribution in [1.29, 1.82) is 5.26 Å². The van der Waals surface area contributed by atoms with Gasteiger partial charge in [0, 0.05) is 38.7 Å². The molecule has 0 aromatic carbocycles. The van der Waals surface area contributed by atoms with Gasteiger partial charge in [0.2, 0.25) is 5.91 Å². The smallest absolute Gasteiger partial charge is 0.287 e. The van der Waals surface area contributed by atoms with E-state index in [9.17, 15) is 14.9 Å². The Labute approximate surface area is 139 Å². The molecular formula is C15H20N6O3. The van der Waals surface area contributed by atoms with E-state index in [1.165, 1.54) is 12.3 Å². The van der Waals surface area contributed by atoms with Crippen LogP contribution in [0, 0.1) is 21.4 Å². The first-order valence-electron chi connectivity index (χ1n) is 7.86. The SMILES string of the molecule is N#C[C@@H]1CCCN1C(=O)CCNCCNc1ccc([N+](=O)[O-])cn1. The standard InChI is InChI=1S/C15H20N6O3/c16-10-12-2-1-9-20(12)15(22)5-6-17-7-8-18-14-4-3-13(11-19-14)21(23)24/h3-4,11-12,17H,1-2,5-9H2,(H,18,19)/t12-/m0/s1. The number of nitro groups is 1. The molecule has 0 unspecified atom stereocenters. The lowest BCUT2D eigenvalue weighted by Crippen LogP contribution is -2.36. The molecule has 1 aromatic heterocycles. The average molecular weight is 332 g/mol. The minimum absolute atomic E-state index is 0.0107. The number of anilines is 1. The largest absolute Gasteiger partial charge is 0.369 e. The molecule has 1 atom stereocenters. The highest BCUT2D eigenvalue weighted by Gasteiger charge is 2.27. The Morgan fingerprint density at radius 2 is 2.29 bits per heavy atom. The Bertz CT molecular complexity index is 613. The third-order valence-electron chi connectivity index (χ3n) is 3.80. The van der Waals surface area contributed by atoms with E-state index >= 15 is 0 Å². The van der Waals surface area contributed by atoms with Gasteiger partial charge in [-0.05, 0) is 18.9 Å². The summed E-state index contributed by atoms with van der Waals surface area (Å²) in [6.45, 7) is 2.43. The van der Waals surface area contributed by atoms with Crippen LogP contribution in [0.1, 0.15) is 19.3 Å². The molecule has 2 N–H and O–H groups in total. The molecule has 9 nitrogen and oxygen atoms in total. The second-order valence-corrected chi connectivity index (χ2v) is 5.46. The van der Waals surface area contributed by atoms with Gasteiger partial charge in [-0.2, -0.15) is 5.26 Å². The topological polar surface area (TPSA) is 124 Å². The zero-order valence-corrected chi connectivity index (χ0v) is 13.3. The molecule has 1 aliphatic heterocycles. The number of hydrogen-bond donors (Lipinski definition) is 2. The summed E-state index contributed by atoms with van der Waals surface area (Å²) in [5, 5.41) is 25.7. The summed E-state index contributed by atoms with van der Waals surface area (Å²) in [4.78, 5) is 27.6. The lowest BCUT2D eigenvalue weighted by Gasteiger charge is -2.19. The third kappa shape index (κ3) is 4.89. The van der Waals surface area contributed by atoms with Gasteiger partial charge >= 0.3 is 0 Å². The molecule has 0 saturated carbocycles. The molecule has 1 fully saturated rings. The molecule has 0 spiro atoms. The van der Waals surface area contributed by atoms with Crippen LogP contribution >= 0.6 is 0 Å². The normalized spacial score (nSPS) is 16.6. The van der Waals surface area contributed by atoms with Gasteiger partial charge in [0.15, 0.2) is 0 Å². The predicted molar refractivity (Wildman–Crippen MR) is 87.2 cm³/mol. The Hall–Kier alpha value is -2.73.